The Bertz CT molecular complexity index is 602. The third kappa shape index (κ3) is 2.80. The van der Waals surface area contributed by atoms with Crippen LogP contribution in [0.1, 0.15) is 30.6 Å². The van der Waals surface area contributed by atoms with E-state index in [2.05, 4.69) is 14.7 Å². The van der Waals surface area contributed by atoms with Crippen molar-refractivity contribution < 1.29 is 8.42 Å². The minimum absolute atomic E-state index is 0.345. The van der Waals surface area contributed by atoms with Crippen LogP contribution in [0.2, 0.25) is 0 Å². The molecule has 2 aromatic rings. The van der Waals surface area contributed by atoms with Crippen LogP contribution in [0.25, 0.3) is 0 Å². The number of hydrogen-bond donors (Lipinski definition) is 2. The van der Waals surface area contributed by atoms with Gasteiger partial charge in [-0.25, -0.2) is 18.1 Å². The molecule has 2 N–H and O–H groups in total. The van der Waals surface area contributed by atoms with Crippen molar-refractivity contribution in [1.82, 2.24) is 14.7 Å². The number of aromatic amines is 1. The first-order valence-corrected chi connectivity index (χ1v) is 7.93. The lowest BCUT2D eigenvalue weighted by Gasteiger charge is -2.10. The Labute approximate surface area is 110 Å². The number of H-pyrrole nitrogens is 1. The van der Waals surface area contributed by atoms with Gasteiger partial charge in [-0.2, -0.15) is 0 Å². The summed E-state index contributed by atoms with van der Waals surface area (Å²) in [7, 11) is -3.47. The molecule has 0 aromatic carbocycles. The van der Waals surface area contributed by atoms with Crippen molar-refractivity contribution in [2.24, 2.45) is 0 Å². The van der Waals surface area contributed by atoms with E-state index in [0.717, 1.165) is 11.3 Å². The molecule has 0 radical (unpaired) electrons. The van der Waals surface area contributed by atoms with Gasteiger partial charge in [0.15, 0.2) is 0 Å². The average molecular weight is 285 g/mol. The third-order valence-corrected chi connectivity index (χ3v) is 5.77. The van der Waals surface area contributed by atoms with E-state index in [1.165, 1.54) is 11.3 Å². The molecule has 2 heterocycles. The molecule has 0 aliphatic rings. The number of aromatic nitrogens is 2. The van der Waals surface area contributed by atoms with Crippen LogP contribution in [0.15, 0.2) is 28.7 Å². The quantitative estimate of drug-likeness (QED) is 0.883. The van der Waals surface area contributed by atoms with Gasteiger partial charge in [-0.1, -0.05) is 6.92 Å². The average Bonchev–Trinajstić information content (AvgIpc) is 3.00. The van der Waals surface area contributed by atoms with Gasteiger partial charge in [-0.15, -0.1) is 11.3 Å². The Morgan fingerprint density at radius 2 is 2.28 bits per heavy atom. The van der Waals surface area contributed by atoms with E-state index in [9.17, 15) is 8.42 Å². The molecule has 2 aromatic heterocycles. The second kappa shape index (κ2) is 5.21. The fourth-order valence-corrected chi connectivity index (χ4v) is 4.07. The van der Waals surface area contributed by atoms with Gasteiger partial charge in [0.1, 0.15) is 10.0 Å². The van der Waals surface area contributed by atoms with Gasteiger partial charge in [0.05, 0.1) is 6.04 Å². The molecule has 0 spiro atoms. The van der Waals surface area contributed by atoms with Crippen LogP contribution in [-0.2, 0) is 16.4 Å². The Balaban J connectivity index is 2.17. The van der Waals surface area contributed by atoms with Crippen molar-refractivity contribution in [2.75, 3.05) is 0 Å². The second-order valence-electron chi connectivity index (χ2n) is 3.89. The number of thiophene rings is 1. The lowest BCUT2D eigenvalue weighted by Crippen LogP contribution is -2.26. The largest absolute Gasteiger partial charge is 0.347 e. The number of nitrogens with one attached hydrogen (secondary N) is 2. The zero-order chi connectivity index (χ0) is 13.2. The highest BCUT2D eigenvalue weighted by Gasteiger charge is 2.21. The predicted octanol–water partition coefficient (Wildman–Crippen LogP) is 2.07. The molecule has 0 aliphatic heterocycles. The molecule has 0 aliphatic carbocycles. The molecule has 0 saturated carbocycles. The highest BCUT2D eigenvalue weighted by Crippen LogP contribution is 2.23. The zero-order valence-electron chi connectivity index (χ0n) is 10.2. The topological polar surface area (TPSA) is 74.8 Å². The van der Waals surface area contributed by atoms with E-state index in [0.29, 0.717) is 10.0 Å². The Hall–Kier alpha value is -1.18. The predicted molar refractivity (Wildman–Crippen MR) is 71.0 cm³/mol. The number of nitrogens with zero attached hydrogens (tertiary/aromatic N) is 1. The number of aryl methyl sites for hydroxylation is 1. The van der Waals surface area contributed by atoms with E-state index in [-0.39, 0.29) is 6.04 Å². The first kappa shape index (κ1) is 13.3. The maximum absolute atomic E-state index is 12.1. The van der Waals surface area contributed by atoms with Gasteiger partial charge in [0, 0.05) is 17.3 Å². The summed E-state index contributed by atoms with van der Waals surface area (Å²) < 4.78 is 27.2. The maximum Gasteiger partial charge on any atom is 0.250 e. The summed E-state index contributed by atoms with van der Waals surface area (Å²) in [6, 6.07) is 3.11. The molecule has 0 amide bonds. The van der Waals surface area contributed by atoms with Gasteiger partial charge in [-0.3, -0.25) is 0 Å². The van der Waals surface area contributed by atoms with Crippen LogP contribution in [-0.4, -0.2) is 18.4 Å². The first-order chi connectivity index (χ1) is 8.53. The van der Waals surface area contributed by atoms with E-state index in [1.54, 1.807) is 25.4 Å². The molecule has 1 unspecified atom stereocenters. The smallest absolute Gasteiger partial charge is 0.250 e. The Morgan fingerprint density at radius 1 is 1.50 bits per heavy atom. The van der Waals surface area contributed by atoms with Crippen molar-refractivity contribution in [1.29, 1.82) is 0 Å². The van der Waals surface area contributed by atoms with E-state index in [4.69, 9.17) is 0 Å². The number of imidazole rings is 1. The van der Waals surface area contributed by atoms with Crippen molar-refractivity contribution in [3.05, 3.63) is 35.2 Å². The number of hydrogen-bond acceptors (Lipinski definition) is 4. The lowest BCUT2D eigenvalue weighted by molar-refractivity contribution is 0.563. The molecule has 18 heavy (non-hydrogen) atoms. The monoisotopic (exact) mass is 285 g/mol. The summed E-state index contributed by atoms with van der Waals surface area (Å²) in [6.45, 7) is 3.76. The fraction of sp³-hybridized carbons (Fsp3) is 0.364. The standard InChI is InChI=1S/C11H15N3O2S2/c1-3-9-4-5-10(17-9)18(15,16)14-8(2)11-12-6-7-13-11/h4-8,14H,3H2,1-2H3,(H,12,13). The van der Waals surface area contributed by atoms with Gasteiger partial charge >= 0.3 is 0 Å². The van der Waals surface area contributed by atoms with Crippen LogP contribution in [0.3, 0.4) is 0 Å². The first-order valence-electron chi connectivity index (χ1n) is 5.63. The summed E-state index contributed by atoms with van der Waals surface area (Å²) >= 11 is 1.30. The molecule has 7 heteroatoms. The van der Waals surface area contributed by atoms with E-state index < -0.39 is 10.0 Å². The van der Waals surface area contributed by atoms with Gasteiger partial charge in [-0.05, 0) is 25.5 Å². The van der Waals surface area contributed by atoms with Crippen molar-refractivity contribution in [3.63, 3.8) is 0 Å². The van der Waals surface area contributed by atoms with Crippen LogP contribution in [0.4, 0.5) is 0 Å². The molecular weight excluding hydrogens is 270 g/mol. The van der Waals surface area contributed by atoms with E-state index >= 15 is 0 Å². The normalized spacial score (nSPS) is 13.7. The summed E-state index contributed by atoms with van der Waals surface area (Å²) in [5.41, 5.74) is 0. The minimum atomic E-state index is -3.47. The molecule has 0 fully saturated rings. The lowest BCUT2D eigenvalue weighted by atomic mass is 10.3. The van der Waals surface area contributed by atoms with Crippen LogP contribution < -0.4 is 4.72 Å². The molecule has 0 bridgehead atoms. The summed E-state index contributed by atoms with van der Waals surface area (Å²) in [5, 5.41) is 0. The molecule has 2 rings (SSSR count). The van der Waals surface area contributed by atoms with Crippen LogP contribution >= 0.6 is 11.3 Å². The van der Waals surface area contributed by atoms with E-state index in [1.807, 2.05) is 13.0 Å². The molecule has 98 valence electrons. The molecule has 1 atom stereocenters. The molecule has 0 saturated heterocycles. The maximum atomic E-state index is 12.1. The number of sulfonamides is 1. The van der Waals surface area contributed by atoms with Gasteiger partial charge in [0.25, 0.3) is 10.0 Å². The third-order valence-electron chi connectivity index (χ3n) is 2.51. The molecule has 5 nitrogen and oxygen atoms in total. The fourth-order valence-electron chi connectivity index (χ4n) is 1.55. The van der Waals surface area contributed by atoms with Crippen LogP contribution in [0.5, 0.6) is 0 Å². The summed E-state index contributed by atoms with van der Waals surface area (Å²) in [6.07, 6.45) is 4.11. The van der Waals surface area contributed by atoms with Gasteiger partial charge < -0.3 is 4.98 Å². The minimum Gasteiger partial charge on any atom is -0.347 e. The summed E-state index contributed by atoms with van der Waals surface area (Å²) in [5.74, 6) is 0.603. The van der Waals surface area contributed by atoms with Crippen molar-refractivity contribution >= 4 is 21.4 Å². The van der Waals surface area contributed by atoms with Crippen molar-refractivity contribution in [2.45, 2.75) is 30.5 Å². The highest BCUT2D eigenvalue weighted by atomic mass is 32.2. The Kier molecular flexibility index (Phi) is 3.84. The van der Waals surface area contributed by atoms with Gasteiger partial charge in [0.2, 0.25) is 0 Å². The van der Waals surface area contributed by atoms with Crippen molar-refractivity contribution in [3.8, 4) is 0 Å². The summed E-state index contributed by atoms with van der Waals surface area (Å²) in [4.78, 5) is 7.99. The zero-order valence-corrected chi connectivity index (χ0v) is 11.8. The Morgan fingerprint density at radius 3 is 2.83 bits per heavy atom. The number of rotatable bonds is 5. The molecular formula is C11H15N3O2S2. The SMILES string of the molecule is CCc1ccc(S(=O)(=O)NC(C)c2ncc[nH]2)s1. The highest BCUT2D eigenvalue weighted by molar-refractivity contribution is 7.91. The van der Waals surface area contributed by atoms with Crippen LogP contribution in [0, 0.1) is 0 Å². The second-order valence-corrected chi connectivity index (χ2v) is 7.00.